The predicted octanol–water partition coefficient (Wildman–Crippen LogP) is -1.28. The molecule has 0 aliphatic carbocycles. The first-order chi connectivity index (χ1) is 7.91. The summed E-state index contributed by atoms with van der Waals surface area (Å²) in [7, 11) is 0. The van der Waals surface area contributed by atoms with Crippen LogP contribution < -0.4 is 0 Å². The number of ether oxygens (including phenoxy) is 1. The Hall–Kier alpha value is -1.38. The van der Waals surface area contributed by atoms with Crippen LogP contribution in [-0.4, -0.2) is 56.4 Å². The molecule has 0 spiro atoms. The summed E-state index contributed by atoms with van der Waals surface area (Å²) in [5.41, 5.74) is 0. The van der Waals surface area contributed by atoms with Crippen LogP contribution in [0.25, 0.3) is 0 Å². The van der Waals surface area contributed by atoms with E-state index in [1.54, 1.807) is 0 Å². The van der Waals surface area contributed by atoms with Gasteiger partial charge in [0.05, 0.1) is 13.2 Å². The minimum Gasteiger partial charge on any atom is -0.508 e. The van der Waals surface area contributed by atoms with E-state index in [0.29, 0.717) is 0 Å². The zero-order valence-electron chi connectivity index (χ0n) is 8.97. The lowest BCUT2D eigenvalue weighted by molar-refractivity contribution is -0.138. The van der Waals surface area contributed by atoms with E-state index in [1.165, 1.54) is 24.3 Å². The van der Waals surface area contributed by atoms with Gasteiger partial charge in [0.25, 0.3) is 0 Å². The monoisotopic (exact) mass is 248 g/mol. The van der Waals surface area contributed by atoms with Crippen LogP contribution in [0.3, 0.4) is 0 Å². The van der Waals surface area contributed by atoms with Gasteiger partial charge in [0.2, 0.25) is 0 Å². The summed E-state index contributed by atoms with van der Waals surface area (Å²) < 4.78 is 4.36. The second-order valence-corrected chi connectivity index (χ2v) is 3.02. The van der Waals surface area contributed by atoms with Crippen molar-refractivity contribution in [3.63, 3.8) is 0 Å². The van der Waals surface area contributed by atoms with Crippen LogP contribution in [0, 0.1) is 0 Å². The molecule has 7 heteroatoms. The fourth-order valence-electron chi connectivity index (χ4n) is 0.731. The fraction of sp³-hybridized carbons (Fsp3) is 0.400. The molecular formula is C10H16O7. The molecule has 0 amide bonds. The number of phenols is 2. The van der Waals surface area contributed by atoms with Gasteiger partial charge in [-0.05, 0) is 24.3 Å². The van der Waals surface area contributed by atoms with E-state index in [-0.39, 0.29) is 24.7 Å². The molecule has 0 atom stereocenters. The number of benzene rings is 1. The van der Waals surface area contributed by atoms with Crippen LogP contribution in [-0.2, 0) is 4.74 Å². The average Bonchev–Trinajstić information content (AvgIpc) is 2.22. The molecule has 7 nitrogen and oxygen atoms in total. The highest BCUT2D eigenvalue weighted by atomic mass is 16.6. The molecule has 0 fully saturated rings. The molecule has 0 heterocycles. The van der Waals surface area contributed by atoms with Crippen molar-refractivity contribution in [1.82, 2.24) is 0 Å². The maximum absolute atomic E-state index is 8.65. The topological polar surface area (TPSA) is 131 Å². The summed E-state index contributed by atoms with van der Waals surface area (Å²) >= 11 is 0. The Bertz CT molecular complexity index is 254. The predicted molar refractivity (Wildman–Crippen MR) is 57.0 cm³/mol. The highest BCUT2D eigenvalue weighted by Gasteiger charge is 1.99. The van der Waals surface area contributed by atoms with E-state index in [1.807, 2.05) is 0 Å². The SMILES string of the molecule is OC(O)COCC(O)O.Oc1ccc(O)cc1. The van der Waals surface area contributed by atoms with Crippen LogP contribution in [0.5, 0.6) is 11.5 Å². The van der Waals surface area contributed by atoms with Gasteiger partial charge in [-0.15, -0.1) is 0 Å². The van der Waals surface area contributed by atoms with E-state index < -0.39 is 12.6 Å². The van der Waals surface area contributed by atoms with E-state index in [9.17, 15) is 0 Å². The minimum atomic E-state index is -1.55. The Kier molecular flexibility index (Phi) is 8.03. The second kappa shape index (κ2) is 8.74. The van der Waals surface area contributed by atoms with E-state index in [4.69, 9.17) is 30.6 Å². The number of rotatable bonds is 4. The summed E-state index contributed by atoms with van der Waals surface area (Å²) in [4.78, 5) is 0. The molecule has 1 rings (SSSR count). The number of hydrogen-bond donors (Lipinski definition) is 6. The van der Waals surface area contributed by atoms with Crippen molar-refractivity contribution in [3.05, 3.63) is 24.3 Å². The fourth-order valence-corrected chi connectivity index (χ4v) is 0.731. The Morgan fingerprint density at radius 3 is 1.29 bits per heavy atom. The molecule has 1 aromatic carbocycles. The highest BCUT2D eigenvalue weighted by Crippen LogP contribution is 2.13. The van der Waals surface area contributed by atoms with Gasteiger partial charge in [-0.1, -0.05) is 0 Å². The van der Waals surface area contributed by atoms with Crippen molar-refractivity contribution in [2.24, 2.45) is 0 Å². The molecule has 1 aromatic rings. The van der Waals surface area contributed by atoms with Crippen molar-refractivity contribution in [1.29, 1.82) is 0 Å². The third-order valence-corrected chi connectivity index (χ3v) is 1.38. The molecule has 0 unspecified atom stereocenters. The molecule has 0 bridgehead atoms. The Balaban J connectivity index is 0.000000302. The molecule has 0 radical (unpaired) electrons. The van der Waals surface area contributed by atoms with Crippen LogP contribution in [0.1, 0.15) is 0 Å². The molecule has 0 aliphatic rings. The maximum Gasteiger partial charge on any atom is 0.175 e. The lowest BCUT2D eigenvalue weighted by atomic mass is 10.3. The maximum atomic E-state index is 8.65. The lowest BCUT2D eigenvalue weighted by Crippen LogP contribution is -2.20. The van der Waals surface area contributed by atoms with Gasteiger partial charge in [-0.25, -0.2) is 0 Å². The Labute approximate surface area is 97.8 Å². The summed E-state index contributed by atoms with van der Waals surface area (Å²) in [6.07, 6.45) is -3.10. The number of hydrogen-bond acceptors (Lipinski definition) is 7. The second-order valence-electron chi connectivity index (χ2n) is 3.02. The molecule has 17 heavy (non-hydrogen) atoms. The zero-order chi connectivity index (χ0) is 13.3. The molecular weight excluding hydrogens is 232 g/mol. The van der Waals surface area contributed by atoms with Crippen molar-refractivity contribution in [2.45, 2.75) is 12.6 Å². The first-order valence-electron chi connectivity index (χ1n) is 4.70. The molecule has 0 saturated carbocycles. The smallest absolute Gasteiger partial charge is 0.175 e. The van der Waals surface area contributed by atoms with Gasteiger partial charge in [0.1, 0.15) is 11.5 Å². The van der Waals surface area contributed by atoms with Crippen molar-refractivity contribution < 1.29 is 35.4 Å². The van der Waals surface area contributed by atoms with E-state index in [2.05, 4.69) is 4.74 Å². The number of aliphatic hydroxyl groups is 4. The Morgan fingerprint density at radius 2 is 1.06 bits per heavy atom. The van der Waals surface area contributed by atoms with Gasteiger partial charge in [-0.2, -0.15) is 0 Å². The van der Waals surface area contributed by atoms with Crippen molar-refractivity contribution >= 4 is 0 Å². The van der Waals surface area contributed by atoms with Gasteiger partial charge >= 0.3 is 0 Å². The minimum absolute atomic E-state index is 0.169. The van der Waals surface area contributed by atoms with Crippen LogP contribution in [0.4, 0.5) is 0 Å². The van der Waals surface area contributed by atoms with Crippen molar-refractivity contribution in [3.8, 4) is 11.5 Å². The van der Waals surface area contributed by atoms with Gasteiger partial charge in [0.15, 0.2) is 12.6 Å². The number of aliphatic hydroxyl groups excluding tert-OH is 2. The summed E-state index contributed by atoms with van der Waals surface area (Å²) in [6, 6.07) is 5.70. The first kappa shape index (κ1) is 15.6. The first-order valence-corrected chi connectivity index (χ1v) is 4.70. The van der Waals surface area contributed by atoms with Gasteiger partial charge < -0.3 is 35.4 Å². The average molecular weight is 248 g/mol. The summed E-state index contributed by atoms with van der Waals surface area (Å²) in [5.74, 6) is 0.339. The number of phenolic OH excluding ortho intramolecular Hbond substituents is 2. The molecule has 0 saturated heterocycles. The zero-order valence-corrected chi connectivity index (χ0v) is 8.97. The third kappa shape index (κ3) is 10.9. The number of aromatic hydroxyl groups is 2. The van der Waals surface area contributed by atoms with Crippen LogP contribution in [0.2, 0.25) is 0 Å². The molecule has 0 aromatic heterocycles. The quantitative estimate of drug-likeness (QED) is 0.289. The molecule has 6 N–H and O–H groups in total. The third-order valence-electron chi connectivity index (χ3n) is 1.38. The summed E-state index contributed by atoms with van der Waals surface area (Å²) in [6.45, 7) is -0.616. The standard InChI is InChI=1S/C6H6O2.C4H10O5/c7-5-1-2-6(8)4-3-5;5-3(6)1-9-2-4(7)8/h1-4,7-8H;3-8H,1-2H2. The lowest BCUT2D eigenvalue weighted by Gasteiger charge is -2.05. The normalized spacial score (nSPS) is 10.2. The van der Waals surface area contributed by atoms with Crippen LogP contribution >= 0.6 is 0 Å². The van der Waals surface area contributed by atoms with E-state index >= 15 is 0 Å². The van der Waals surface area contributed by atoms with Crippen LogP contribution in [0.15, 0.2) is 24.3 Å². The Morgan fingerprint density at radius 1 is 0.765 bits per heavy atom. The van der Waals surface area contributed by atoms with E-state index in [0.717, 1.165) is 0 Å². The highest BCUT2D eigenvalue weighted by molar-refractivity contribution is 5.28. The molecule has 0 aliphatic heterocycles. The largest absolute Gasteiger partial charge is 0.508 e. The molecule has 98 valence electrons. The van der Waals surface area contributed by atoms with Crippen molar-refractivity contribution in [2.75, 3.05) is 13.2 Å². The summed E-state index contributed by atoms with van der Waals surface area (Å²) in [5, 5.41) is 49.8. The van der Waals surface area contributed by atoms with Gasteiger partial charge in [0, 0.05) is 0 Å². The van der Waals surface area contributed by atoms with Gasteiger partial charge in [-0.3, -0.25) is 0 Å².